The second kappa shape index (κ2) is 5.48. The van der Waals surface area contributed by atoms with Crippen molar-refractivity contribution in [3.8, 4) is 0 Å². The number of fused-ring (bicyclic) bond motifs is 1. The number of aryl methyl sites for hydroxylation is 1. The largest absolute Gasteiger partial charge is 0.478 e. The van der Waals surface area contributed by atoms with E-state index in [-0.39, 0.29) is 0 Å². The van der Waals surface area contributed by atoms with E-state index < -0.39 is 5.97 Å². The van der Waals surface area contributed by atoms with Crippen LogP contribution in [0.15, 0.2) is 42.5 Å². The Kier molecular flexibility index (Phi) is 3.52. The molecule has 0 atom stereocenters. The van der Waals surface area contributed by atoms with Gasteiger partial charge in [0.05, 0.1) is 11.3 Å². The van der Waals surface area contributed by atoms with Gasteiger partial charge in [0.15, 0.2) is 0 Å². The van der Waals surface area contributed by atoms with Crippen molar-refractivity contribution in [3.05, 3.63) is 53.6 Å². The molecular weight excluding hydrogens is 264 g/mol. The molecule has 0 saturated carbocycles. The number of aromatic carboxylic acids is 1. The Balaban J connectivity index is 2.16. The molecule has 0 aromatic heterocycles. The van der Waals surface area contributed by atoms with Crippen LogP contribution in [0.3, 0.4) is 0 Å². The quantitative estimate of drug-likeness (QED) is 0.828. The number of hydrogen-bond donors (Lipinski definition) is 2. The molecule has 0 spiro atoms. The fourth-order valence-electron chi connectivity index (χ4n) is 2.89. The fraction of sp³-hybridized carbons (Fsp3) is 0.235. The van der Waals surface area contributed by atoms with Crippen LogP contribution in [0.25, 0.3) is 0 Å². The molecule has 21 heavy (non-hydrogen) atoms. The predicted octanol–water partition coefficient (Wildman–Crippen LogP) is 3.44. The lowest BCUT2D eigenvalue weighted by atomic mass is 10.1. The van der Waals surface area contributed by atoms with Crippen molar-refractivity contribution in [1.82, 2.24) is 0 Å². The summed E-state index contributed by atoms with van der Waals surface area (Å²) in [6.45, 7) is 0.806. The standard InChI is InChI=1S/C17H18N2O2/c18-13-8-9-14(17(20)21)16(11-13)19-10-4-3-6-12-5-1-2-7-15(12)19/h1-2,5,7-9,11H,3-4,6,10,18H2,(H,20,21). The molecule has 0 aliphatic carbocycles. The summed E-state index contributed by atoms with van der Waals surface area (Å²) in [4.78, 5) is 13.6. The minimum absolute atomic E-state index is 0.293. The molecule has 2 aromatic carbocycles. The van der Waals surface area contributed by atoms with E-state index in [1.165, 1.54) is 5.56 Å². The van der Waals surface area contributed by atoms with Crippen molar-refractivity contribution in [3.63, 3.8) is 0 Å². The Morgan fingerprint density at radius 2 is 1.90 bits per heavy atom. The highest BCUT2D eigenvalue weighted by atomic mass is 16.4. The molecule has 0 amide bonds. The topological polar surface area (TPSA) is 66.6 Å². The van der Waals surface area contributed by atoms with Crippen molar-refractivity contribution in [2.45, 2.75) is 19.3 Å². The van der Waals surface area contributed by atoms with E-state index in [2.05, 4.69) is 17.0 Å². The summed E-state index contributed by atoms with van der Waals surface area (Å²) in [6.07, 6.45) is 3.16. The highest BCUT2D eigenvalue weighted by molar-refractivity contribution is 5.96. The Hall–Kier alpha value is -2.49. The molecule has 0 saturated heterocycles. The first-order chi connectivity index (χ1) is 10.2. The molecule has 1 heterocycles. The van der Waals surface area contributed by atoms with Crippen LogP contribution in [0.5, 0.6) is 0 Å². The first kappa shape index (κ1) is 13.5. The van der Waals surface area contributed by atoms with Crippen LogP contribution in [-0.4, -0.2) is 17.6 Å². The van der Waals surface area contributed by atoms with Gasteiger partial charge in [0, 0.05) is 17.9 Å². The summed E-state index contributed by atoms with van der Waals surface area (Å²) in [7, 11) is 0. The minimum Gasteiger partial charge on any atom is -0.478 e. The Morgan fingerprint density at radius 1 is 1.10 bits per heavy atom. The number of benzene rings is 2. The maximum absolute atomic E-state index is 11.5. The van der Waals surface area contributed by atoms with E-state index in [0.29, 0.717) is 16.9 Å². The molecule has 3 N–H and O–H groups in total. The van der Waals surface area contributed by atoms with Crippen molar-refractivity contribution in [2.75, 3.05) is 17.2 Å². The molecule has 0 unspecified atom stereocenters. The molecule has 3 rings (SSSR count). The normalized spacial score (nSPS) is 14.4. The van der Waals surface area contributed by atoms with Gasteiger partial charge in [-0.2, -0.15) is 0 Å². The van der Waals surface area contributed by atoms with Gasteiger partial charge in [0.1, 0.15) is 0 Å². The number of nitrogen functional groups attached to an aromatic ring is 1. The summed E-state index contributed by atoms with van der Waals surface area (Å²) in [5.41, 5.74) is 9.77. The predicted molar refractivity (Wildman–Crippen MR) is 84.2 cm³/mol. The van der Waals surface area contributed by atoms with Gasteiger partial charge in [-0.15, -0.1) is 0 Å². The Bertz CT molecular complexity index is 682. The van der Waals surface area contributed by atoms with E-state index in [4.69, 9.17) is 5.73 Å². The molecule has 4 heteroatoms. The van der Waals surface area contributed by atoms with Crippen LogP contribution in [0.1, 0.15) is 28.8 Å². The Morgan fingerprint density at radius 3 is 2.71 bits per heavy atom. The molecule has 4 nitrogen and oxygen atoms in total. The molecule has 1 aliphatic heterocycles. The molecule has 2 aromatic rings. The van der Waals surface area contributed by atoms with Gasteiger partial charge in [-0.05, 0) is 49.1 Å². The van der Waals surface area contributed by atoms with E-state index >= 15 is 0 Å². The second-order valence-electron chi connectivity index (χ2n) is 5.32. The first-order valence-corrected chi connectivity index (χ1v) is 7.15. The summed E-state index contributed by atoms with van der Waals surface area (Å²) >= 11 is 0. The van der Waals surface area contributed by atoms with Crippen LogP contribution >= 0.6 is 0 Å². The van der Waals surface area contributed by atoms with Crippen LogP contribution in [0.2, 0.25) is 0 Å². The smallest absolute Gasteiger partial charge is 0.337 e. The SMILES string of the molecule is Nc1ccc(C(=O)O)c(N2CCCCc3ccccc32)c1. The summed E-state index contributed by atoms with van der Waals surface area (Å²) in [5, 5.41) is 9.44. The maximum Gasteiger partial charge on any atom is 0.337 e. The highest BCUT2D eigenvalue weighted by Crippen LogP contribution is 2.35. The first-order valence-electron chi connectivity index (χ1n) is 7.15. The summed E-state index contributed by atoms with van der Waals surface area (Å²) < 4.78 is 0. The van der Waals surface area contributed by atoms with Gasteiger partial charge >= 0.3 is 5.97 Å². The van der Waals surface area contributed by atoms with Gasteiger partial charge in [-0.3, -0.25) is 0 Å². The lowest BCUT2D eigenvalue weighted by Crippen LogP contribution is -2.21. The lowest BCUT2D eigenvalue weighted by Gasteiger charge is -2.26. The molecule has 108 valence electrons. The van der Waals surface area contributed by atoms with Gasteiger partial charge < -0.3 is 15.7 Å². The molecule has 1 aliphatic rings. The number of nitrogens with zero attached hydrogens (tertiary/aromatic N) is 1. The molecular formula is C17H18N2O2. The average Bonchev–Trinajstić information content (AvgIpc) is 2.69. The van der Waals surface area contributed by atoms with Gasteiger partial charge in [0.2, 0.25) is 0 Å². The lowest BCUT2D eigenvalue weighted by molar-refractivity contribution is 0.0697. The van der Waals surface area contributed by atoms with E-state index in [9.17, 15) is 9.90 Å². The van der Waals surface area contributed by atoms with Crippen molar-refractivity contribution < 1.29 is 9.90 Å². The summed E-state index contributed by atoms with van der Waals surface area (Å²) in [6, 6.07) is 13.2. The maximum atomic E-state index is 11.5. The van der Waals surface area contributed by atoms with Crippen molar-refractivity contribution in [1.29, 1.82) is 0 Å². The highest BCUT2D eigenvalue weighted by Gasteiger charge is 2.21. The van der Waals surface area contributed by atoms with E-state index in [0.717, 1.165) is 31.5 Å². The number of rotatable bonds is 2. The third kappa shape index (κ3) is 2.57. The monoisotopic (exact) mass is 282 g/mol. The van der Waals surface area contributed by atoms with Crippen LogP contribution in [0, 0.1) is 0 Å². The zero-order valence-electron chi connectivity index (χ0n) is 11.7. The van der Waals surface area contributed by atoms with Crippen LogP contribution < -0.4 is 10.6 Å². The third-order valence-corrected chi connectivity index (χ3v) is 3.90. The fourth-order valence-corrected chi connectivity index (χ4v) is 2.89. The third-order valence-electron chi connectivity index (χ3n) is 3.90. The number of anilines is 3. The number of carboxylic acids is 1. The van der Waals surface area contributed by atoms with E-state index in [1.54, 1.807) is 18.2 Å². The Labute approximate surface area is 123 Å². The number of carbonyl (C=O) groups is 1. The van der Waals surface area contributed by atoms with E-state index in [1.807, 2.05) is 12.1 Å². The number of carboxylic acid groups (broad SMARTS) is 1. The number of para-hydroxylation sites is 1. The van der Waals surface area contributed by atoms with Crippen molar-refractivity contribution >= 4 is 23.0 Å². The average molecular weight is 282 g/mol. The number of nitrogens with two attached hydrogens (primary N) is 1. The summed E-state index contributed by atoms with van der Waals surface area (Å²) in [5.74, 6) is -0.924. The van der Waals surface area contributed by atoms with Gasteiger partial charge in [-0.1, -0.05) is 18.2 Å². The minimum atomic E-state index is -0.924. The zero-order chi connectivity index (χ0) is 14.8. The van der Waals surface area contributed by atoms with Crippen molar-refractivity contribution in [2.24, 2.45) is 0 Å². The number of hydrogen-bond acceptors (Lipinski definition) is 3. The van der Waals surface area contributed by atoms with Crippen LogP contribution in [0.4, 0.5) is 17.1 Å². The van der Waals surface area contributed by atoms with Crippen LogP contribution in [-0.2, 0) is 6.42 Å². The molecule has 0 radical (unpaired) electrons. The van der Waals surface area contributed by atoms with Gasteiger partial charge in [0.25, 0.3) is 0 Å². The second-order valence-corrected chi connectivity index (χ2v) is 5.32. The molecule has 0 fully saturated rings. The van der Waals surface area contributed by atoms with Gasteiger partial charge in [-0.25, -0.2) is 4.79 Å². The molecule has 0 bridgehead atoms. The zero-order valence-corrected chi connectivity index (χ0v) is 11.7.